The van der Waals surface area contributed by atoms with E-state index in [4.69, 9.17) is 10.5 Å². The number of amides is 1. The summed E-state index contributed by atoms with van der Waals surface area (Å²) in [7, 11) is 0. The molecule has 0 heterocycles. The number of rotatable bonds is 3. The summed E-state index contributed by atoms with van der Waals surface area (Å²) in [5.41, 5.74) is 0.0919. The molecule has 0 aliphatic carbocycles. The van der Waals surface area contributed by atoms with Crippen LogP contribution in [0.25, 0.3) is 10.8 Å². The Morgan fingerprint density at radius 1 is 1.10 bits per heavy atom. The number of carbonyl (C=O) groups is 1. The molecular weight excluding hydrogens is 254 g/mol. The van der Waals surface area contributed by atoms with Crippen LogP contribution in [0.2, 0.25) is 0 Å². The van der Waals surface area contributed by atoms with Crippen LogP contribution in [0.1, 0.15) is 10.4 Å². The number of nitriles is 2. The second-order valence-electron chi connectivity index (χ2n) is 4.16. The Kier molecular flexibility index (Phi) is 3.83. The fourth-order valence-corrected chi connectivity index (χ4v) is 1.97. The van der Waals surface area contributed by atoms with Crippen molar-refractivity contribution in [1.29, 1.82) is 10.5 Å². The van der Waals surface area contributed by atoms with Crippen LogP contribution in [0.3, 0.4) is 0 Å². The Bertz CT molecular complexity index is 725. The molecule has 0 radical (unpaired) electrons. The summed E-state index contributed by atoms with van der Waals surface area (Å²) < 4.78 is 0. The molecule has 1 N–H and O–H groups in total. The number of aromatic hydroxyl groups is 1. The van der Waals surface area contributed by atoms with Crippen LogP contribution >= 0.6 is 0 Å². The van der Waals surface area contributed by atoms with Gasteiger partial charge in [-0.15, -0.1) is 0 Å². The third kappa shape index (κ3) is 2.38. The molecule has 0 atom stereocenters. The predicted molar refractivity (Wildman–Crippen MR) is 72.7 cm³/mol. The third-order valence-corrected chi connectivity index (χ3v) is 2.94. The molecule has 0 saturated heterocycles. The zero-order chi connectivity index (χ0) is 14.5. The van der Waals surface area contributed by atoms with E-state index >= 15 is 0 Å². The van der Waals surface area contributed by atoms with Gasteiger partial charge in [0.2, 0.25) is 0 Å². The molecule has 0 spiro atoms. The van der Waals surface area contributed by atoms with Crippen LogP contribution in [0.4, 0.5) is 0 Å². The van der Waals surface area contributed by atoms with E-state index in [2.05, 4.69) is 0 Å². The zero-order valence-corrected chi connectivity index (χ0v) is 10.6. The molecule has 0 unspecified atom stereocenters. The van der Waals surface area contributed by atoms with Crippen LogP contribution in [-0.2, 0) is 0 Å². The van der Waals surface area contributed by atoms with Gasteiger partial charge < -0.3 is 10.0 Å². The molecule has 0 fully saturated rings. The summed E-state index contributed by atoms with van der Waals surface area (Å²) in [4.78, 5) is 13.3. The maximum Gasteiger partial charge on any atom is 0.259 e. The number of fused-ring (bicyclic) bond motifs is 1. The summed E-state index contributed by atoms with van der Waals surface area (Å²) in [6.45, 7) is -0.392. The van der Waals surface area contributed by atoms with Crippen molar-refractivity contribution in [3.63, 3.8) is 0 Å². The van der Waals surface area contributed by atoms with E-state index in [-0.39, 0.29) is 24.4 Å². The molecule has 0 aromatic heterocycles. The van der Waals surface area contributed by atoms with Gasteiger partial charge in [-0.1, -0.05) is 30.3 Å². The summed E-state index contributed by atoms with van der Waals surface area (Å²) >= 11 is 0. The first-order valence-corrected chi connectivity index (χ1v) is 5.93. The van der Waals surface area contributed by atoms with E-state index in [0.29, 0.717) is 5.39 Å². The van der Waals surface area contributed by atoms with Crippen LogP contribution in [-0.4, -0.2) is 29.0 Å². The van der Waals surface area contributed by atoms with Gasteiger partial charge in [-0.05, 0) is 11.5 Å². The van der Waals surface area contributed by atoms with E-state index in [0.717, 1.165) is 10.3 Å². The first kappa shape index (κ1) is 13.4. The largest absolute Gasteiger partial charge is 0.506 e. The van der Waals surface area contributed by atoms with Gasteiger partial charge >= 0.3 is 0 Å². The average molecular weight is 265 g/mol. The smallest absolute Gasteiger partial charge is 0.259 e. The first-order chi connectivity index (χ1) is 9.69. The van der Waals surface area contributed by atoms with E-state index in [1.165, 1.54) is 6.07 Å². The van der Waals surface area contributed by atoms with Gasteiger partial charge in [0, 0.05) is 5.39 Å². The third-order valence-electron chi connectivity index (χ3n) is 2.94. The molecule has 1 amide bonds. The second-order valence-corrected chi connectivity index (χ2v) is 4.16. The fraction of sp³-hybridized carbons (Fsp3) is 0.133. The van der Waals surface area contributed by atoms with Gasteiger partial charge in [-0.25, -0.2) is 0 Å². The molecule has 5 heteroatoms. The Labute approximate surface area is 115 Å². The highest BCUT2D eigenvalue weighted by atomic mass is 16.3. The molecule has 2 aromatic rings. The SMILES string of the molecule is N#CCN(CC#N)C(=O)c1ccc2ccccc2c1O. The Hall–Kier alpha value is -3.05. The lowest BCUT2D eigenvalue weighted by Gasteiger charge is -2.17. The molecule has 0 aliphatic rings. The van der Waals surface area contributed by atoms with Crippen molar-refractivity contribution in [1.82, 2.24) is 4.90 Å². The van der Waals surface area contributed by atoms with Gasteiger partial charge in [0.05, 0.1) is 17.7 Å². The minimum atomic E-state index is -0.531. The van der Waals surface area contributed by atoms with Crippen molar-refractivity contribution in [3.8, 4) is 17.9 Å². The van der Waals surface area contributed by atoms with Crippen LogP contribution in [0.5, 0.6) is 5.75 Å². The standard InChI is InChI=1S/C15H11N3O2/c16-7-9-18(10-8-17)15(20)13-6-5-11-3-1-2-4-12(11)14(13)19/h1-6,19H,9-10H2. The highest BCUT2D eigenvalue weighted by molar-refractivity contribution is 6.03. The highest BCUT2D eigenvalue weighted by Gasteiger charge is 2.19. The van der Waals surface area contributed by atoms with Crippen LogP contribution < -0.4 is 0 Å². The maximum absolute atomic E-state index is 12.3. The number of hydrogen-bond acceptors (Lipinski definition) is 4. The van der Waals surface area contributed by atoms with Crippen molar-refractivity contribution in [2.45, 2.75) is 0 Å². The molecule has 2 rings (SSSR count). The van der Waals surface area contributed by atoms with Gasteiger partial charge in [0.25, 0.3) is 5.91 Å². The van der Waals surface area contributed by atoms with E-state index in [9.17, 15) is 9.90 Å². The van der Waals surface area contributed by atoms with Gasteiger partial charge in [0.1, 0.15) is 18.8 Å². The Morgan fingerprint density at radius 2 is 1.75 bits per heavy atom. The predicted octanol–water partition coefficient (Wildman–Crippen LogP) is 2.03. The van der Waals surface area contributed by atoms with Crippen molar-refractivity contribution in [3.05, 3.63) is 42.0 Å². The first-order valence-electron chi connectivity index (χ1n) is 5.93. The monoisotopic (exact) mass is 265 g/mol. The fourth-order valence-electron chi connectivity index (χ4n) is 1.97. The lowest BCUT2D eigenvalue weighted by molar-refractivity contribution is 0.0792. The highest BCUT2D eigenvalue weighted by Crippen LogP contribution is 2.29. The minimum absolute atomic E-state index is 0.0919. The van der Waals surface area contributed by atoms with Gasteiger partial charge in [-0.2, -0.15) is 10.5 Å². The van der Waals surface area contributed by atoms with Crippen molar-refractivity contribution >= 4 is 16.7 Å². The number of hydrogen-bond donors (Lipinski definition) is 1. The average Bonchev–Trinajstić information content (AvgIpc) is 2.47. The van der Waals surface area contributed by atoms with Crippen LogP contribution in [0.15, 0.2) is 36.4 Å². The van der Waals surface area contributed by atoms with E-state index in [1.807, 2.05) is 24.3 Å². The molecular formula is C15H11N3O2. The van der Waals surface area contributed by atoms with Gasteiger partial charge in [0.15, 0.2) is 0 Å². The van der Waals surface area contributed by atoms with Crippen molar-refractivity contribution in [2.24, 2.45) is 0 Å². The number of benzene rings is 2. The molecule has 20 heavy (non-hydrogen) atoms. The van der Waals surface area contributed by atoms with Crippen molar-refractivity contribution < 1.29 is 9.90 Å². The summed E-state index contributed by atoms with van der Waals surface area (Å²) in [6, 6.07) is 14.0. The lowest BCUT2D eigenvalue weighted by Crippen LogP contribution is -2.31. The number of phenols is 1. The molecule has 2 aromatic carbocycles. The molecule has 98 valence electrons. The molecule has 0 aliphatic heterocycles. The van der Waals surface area contributed by atoms with Crippen molar-refractivity contribution in [2.75, 3.05) is 13.1 Å². The van der Waals surface area contributed by atoms with E-state index in [1.54, 1.807) is 18.2 Å². The normalized spacial score (nSPS) is 9.70. The maximum atomic E-state index is 12.3. The summed E-state index contributed by atoms with van der Waals surface area (Å²) in [5.74, 6) is -0.662. The number of phenolic OH excluding ortho intramolecular Hbond substituents is 1. The zero-order valence-electron chi connectivity index (χ0n) is 10.6. The van der Waals surface area contributed by atoms with Gasteiger partial charge in [-0.3, -0.25) is 4.79 Å². The quantitative estimate of drug-likeness (QED) is 0.860. The lowest BCUT2D eigenvalue weighted by atomic mass is 10.0. The number of nitrogens with zero attached hydrogens (tertiary/aromatic N) is 3. The second kappa shape index (κ2) is 5.73. The van der Waals surface area contributed by atoms with E-state index < -0.39 is 5.91 Å². The summed E-state index contributed by atoms with van der Waals surface area (Å²) in [6.07, 6.45) is 0. The molecule has 0 bridgehead atoms. The number of carbonyl (C=O) groups excluding carboxylic acids is 1. The topological polar surface area (TPSA) is 88.1 Å². The Balaban J connectivity index is 2.47. The molecule has 0 saturated carbocycles. The summed E-state index contributed by atoms with van der Waals surface area (Å²) in [5, 5.41) is 28.9. The van der Waals surface area contributed by atoms with Crippen LogP contribution in [0, 0.1) is 22.7 Å². The Morgan fingerprint density at radius 3 is 2.40 bits per heavy atom. The minimum Gasteiger partial charge on any atom is -0.506 e. The molecule has 5 nitrogen and oxygen atoms in total.